The number of carbonyl (C=O) groups is 2. The molecule has 0 atom stereocenters. The van der Waals surface area contributed by atoms with Crippen LogP contribution in [-0.4, -0.2) is 28.1 Å². The largest absolute Gasteiger partial charge is 0.343 e. The fourth-order valence-electron chi connectivity index (χ4n) is 2.80. The van der Waals surface area contributed by atoms with Crippen LogP contribution in [0.15, 0.2) is 60.8 Å². The lowest BCUT2D eigenvalue weighted by Gasteiger charge is -2.10. The Kier molecular flexibility index (Phi) is 5.66. The molecule has 0 unspecified atom stereocenters. The first-order valence-corrected chi connectivity index (χ1v) is 8.85. The number of carbonyl (C=O) groups excluding carboxylic acids is 2. The maximum absolute atomic E-state index is 12.3. The lowest BCUT2D eigenvalue weighted by molar-refractivity contribution is -0.115. The van der Waals surface area contributed by atoms with Crippen LogP contribution in [0.5, 0.6) is 0 Å². The van der Waals surface area contributed by atoms with Crippen LogP contribution in [0.4, 0.5) is 5.69 Å². The van der Waals surface area contributed by atoms with Gasteiger partial charge < -0.3 is 10.6 Å². The van der Waals surface area contributed by atoms with Crippen molar-refractivity contribution in [2.24, 2.45) is 0 Å². The molecule has 0 radical (unpaired) electrons. The first kappa shape index (κ1) is 18.4. The topological polar surface area (TPSA) is 76.0 Å². The van der Waals surface area contributed by atoms with Crippen molar-refractivity contribution in [1.29, 1.82) is 0 Å². The number of anilines is 1. The van der Waals surface area contributed by atoms with Gasteiger partial charge in [-0.3, -0.25) is 9.59 Å². The Hall–Kier alpha value is -3.41. The molecular weight excluding hydrogens is 340 g/mol. The first-order chi connectivity index (χ1) is 13.1. The van der Waals surface area contributed by atoms with E-state index in [9.17, 15) is 9.59 Å². The van der Waals surface area contributed by atoms with Crippen molar-refractivity contribution in [3.63, 3.8) is 0 Å². The van der Waals surface area contributed by atoms with Gasteiger partial charge in [0.05, 0.1) is 12.2 Å². The summed E-state index contributed by atoms with van der Waals surface area (Å²) in [6, 6.07) is 16.6. The van der Waals surface area contributed by atoms with Crippen LogP contribution >= 0.6 is 0 Å². The molecule has 2 amide bonds. The molecule has 27 heavy (non-hydrogen) atoms. The van der Waals surface area contributed by atoms with Gasteiger partial charge in [-0.25, -0.2) is 4.68 Å². The predicted octanol–water partition coefficient (Wildman–Crippen LogP) is 3.11. The molecule has 0 aliphatic carbocycles. The third kappa shape index (κ3) is 4.41. The fourth-order valence-corrected chi connectivity index (χ4v) is 2.80. The third-order valence-electron chi connectivity index (χ3n) is 4.29. The molecule has 2 N–H and O–H groups in total. The van der Waals surface area contributed by atoms with Gasteiger partial charge in [0.25, 0.3) is 5.91 Å². The van der Waals surface area contributed by atoms with E-state index in [2.05, 4.69) is 15.7 Å². The molecule has 0 aliphatic rings. The number of nitrogens with one attached hydrogen (secondary N) is 2. The summed E-state index contributed by atoms with van der Waals surface area (Å²) in [5.41, 5.74) is 4.21. The number of rotatable bonds is 6. The first-order valence-electron chi connectivity index (χ1n) is 8.85. The van der Waals surface area contributed by atoms with E-state index in [1.165, 1.54) is 0 Å². The Morgan fingerprint density at radius 2 is 1.78 bits per heavy atom. The number of benzene rings is 2. The highest BCUT2D eigenvalue weighted by atomic mass is 16.2. The second kappa shape index (κ2) is 8.31. The zero-order valence-electron chi connectivity index (χ0n) is 15.4. The number of aryl methyl sites for hydroxylation is 2. The minimum absolute atomic E-state index is 0.0864. The molecule has 0 saturated heterocycles. The van der Waals surface area contributed by atoms with Crippen LogP contribution in [0.25, 0.3) is 5.69 Å². The summed E-state index contributed by atoms with van der Waals surface area (Å²) in [5, 5.41) is 9.72. The van der Waals surface area contributed by atoms with Gasteiger partial charge in [-0.1, -0.05) is 25.1 Å². The molecule has 6 heteroatoms. The second-order valence-corrected chi connectivity index (χ2v) is 6.17. The number of nitrogens with zero attached hydrogens (tertiary/aromatic N) is 2. The maximum atomic E-state index is 12.3. The molecule has 2 aromatic carbocycles. The van der Waals surface area contributed by atoms with Crippen molar-refractivity contribution in [3.05, 3.63) is 77.6 Å². The molecule has 3 rings (SSSR count). The highest BCUT2D eigenvalue weighted by Crippen LogP contribution is 2.15. The zero-order valence-corrected chi connectivity index (χ0v) is 15.4. The molecule has 0 saturated carbocycles. The van der Waals surface area contributed by atoms with Crippen molar-refractivity contribution >= 4 is 17.5 Å². The van der Waals surface area contributed by atoms with Crippen molar-refractivity contribution in [2.75, 3.05) is 11.9 Å². The molecule has 138 valence electrons. The molecule has 3 aromatic rings. The van der Waals surface area contributed by atoms with Crippen molar-refractivity contribution in [1.82, 2.24) is 15.1 Å². The number of para-hydroxylation sites is 1. The smallest absolute Gasteiger partial charge is 0.251 e. The van der Waals surface area contributed by atoms with E-state index in [0.717, 1.165) is 29.1 Å². The average Bonchev–Trinajstić information content (AvgIpc) is 3.12. The summed E-state index contributed by atoms with van der Waals surface area (Å²) >= 11 is 0. The van der Waals surface area contributed by atoms with E-state index in [-0.39, 0.29) is 18.4 Å². The number of amides is 2. The van der Waals surface area contributed by atoms with Gasteiger partial charge >= 0.3 is 0 Å². The van der Waals surface area contributed by atoms with Crippen molar-refractivity contribution < 1.29 is 9.59 Å². The Morgan fingerprint density at radius 3 is 2.44 bits per heavy atom. The second-order valence-electron chi connectivity index (χ2n) is 6.17. The van der Waals surface area contributed by atoms with Gasteiger partial charge in [-0.05, 0) is 55.3 Å². The highest BCUT2D eigenvalue weighted by molar-refractivity contribution is 5.99. The van der Waals surface area contributed by atoms with E-state index in [0.29, 0.717) is 5.56 Å². The average molecular weight is 362 g/mol. The minimum Gasteiger partial charge on any atom is -0.343 e. The minimum atomic E-state index is -0.294. The summed E-state index contributed by atoms with van der Waals surface area (Å²) in [4.78, 5) is 24.4. The third-order valence-corrected chi connectivity index (χ3v) is 4.29. The molecular formula is C21H22N4O2. The number of aromatic nitrogens is 2. The van der Waals surface area contributed by atoms with E-state index in [4.69, 9.17) is 0 Å². The maximum Gasteiger partial charge on any atom is 0.251 e. The molecule has 0 aliphatic heterocycles. The van der Waals surface area contributed by atoms with Crippen LogP contribution in [-0.2, 0) is 11.2 Å². The standard InChI is InChI=1S/C21H22N4O2/c1-3-16-6-4-5-7-19(16)24-20(26)14-22-21(27)17-8-10-18(11-9-17)25-15(2)12-13-23-25/h4-13H,3,14H2,1-2H3,(H,22,27)(H,24,26). The van der Waals surface area contributed by atoms with Gasteiger partial charge in [-0.2, -0.15) is 5.10 Å². The Morgan fingerprint density at radius 1 is 1.04 bits per heavy atom. The van der Waals surface area contributed by atoms with E-state index in [1.807, 2.05) is 56.3 Å². The van der Waals surface area contributed by atoms with Crippen LogP contribution in [0.2, 0.25) is 0 Å². The van der Waals surface area contributed by atoms with Gasteiger partial charge in [0.1, 0.15) is 0 Å². The van der Waals surface area contributed by atoms with Gasteiger partial charge in [0, 0.05) is 23.1 Å². The summed E-state index contributed by atoms with van der Waals surface area (Å²) in [5.74, 6) is -0.550. The Balaban J connectivity index is 1.57. The molecule has 0 spiro atoms. The van der Waals surface area contributed by atoms with Gasteiger partial charge in [-0.15, -0.1) is 0 Å². The highest BCUT2D eigenvalue weighted by Gasteiger charge is 2.10. The van der Waals surface area contributed by atoms with Gasteiger partial charge in [0.2, 0.25) is 5.91 Å². The molecule has 0 fully saturated rings. The quantitative estimate of drug-likeness (QED) is 0.707. The Labute approximate surface area is 158 Å². The number of hydrogen-bond acceptors (Lipinski definition) is 3. The van der Waals surface area contributed by atoms with E-state index < -0.39 is 0 Å². The normalized spacial score (nSPS) is 10.4. The lowest BCUT2D eigenvalue weighted by Crippen LogP contribution is -2.33. The summed E-state index contributed by atoms with van der Waals surface area (Å²) in [7, 11) is 0. The van der Waals surface area contributed by atoms with Crippen LogP contribution in [0, 0.1) is 6.92 Å². The zero-order chi connectivity index (χ0) is 19.2. The van der Waals surface area contributed by atoms with Crippen LogP contribution in [0.3, 0.4) is 0 Å². The fraction of sp³-hybridized carbons (Fsp3) is 0.190. The van der Waals surface area contributed by atoms with E-state index >= 15 is 0 Å². The SMILES string of the molecule is CCc1ccccc1NC(=O)CNC(=O)c1ccc(-n2nccc2C)cc1. The van der Waals surface area contributed by atoms with Gasteiger partial charge in [0.15, 0.2) is 0 Å². The predicted molar refractivity (Wildman–Crippen MR) is 105 cm³/mol. The molecule has 1 aromatic heterocycles. The summed E-state index contributed by atoms with van der Waals surface area (Å²) in [6.45, 7) is 3.90. The van der Waals surface area contributed by atoms with E-state index in [1.54, 1.807) is 23.0 Å². The monoisotopic (exact) mass is 362 g/mol. The molecule has 6 nitrogen and oxygen atoms in total. The molecule has 1 heterocycles. The lowest BCUT2D eigenvalue weighted by atomic mass is 10.1. The van der Waals surface area contributed by atoms with Crippen molar-refractivity contribution in [3.8, 4) is 5.69 Å². The van der Waals surface area contributed by atoms with Crippen LogP contribution in [0.1, 0.15) is 28.5 Å². The summed E-state index contributed by atoms with van der Waals surface area (Å²) in [6.07, 6.45) is 2.55. The number of hydrogen-bond donors (Lipinski definition) is 2. The molecule has 0 bridgehead atoms. The summed E-state index contributed by atoms with van der Waals surface area (Å²) < 4.78 is 1.79. The van der Waals surface area contributed by atoms with Crippen LogP contribution < -0.4 is 10.6 Å². The van der Waals surface area contributed by atoms with Crippen molar-refractivity contribution in [2.45, 2.75) is 20.3 Å². The Bertz CT molecular complexity index is 945.